The normalized spacial score (nSPS) is 13.0. The third-order valence-corrected chi connectivity index (χ3v) is 11.4. The summed E-state index contributed by atoms with van der Waals surface area (Å²) in [6, 6.07) is -0.561. The number of amides is 1. The van der Waals surface area contributed by atoms with Crippen LogP contribution < -0.4 is 5.32 Å². The fourth-order valence-electron chi connectivity index (χ4n) is 7.49. The van der Waals surface area contributed by atoms with E-state index >= 15 is 0 Å². The maximum atomic E-state index is 12.4. The molecule has 0 aliphatic rings. The number of aliphatic hydroxyl groups excluding tert-OH is 2. The molecule has 3 N–H and O–H groups in total. The number of hydrogen-bond acceptors (Lipinski definition) is 5. The lowest BCUT2D eigenvalue weighted by atomic mass is 10.0. The van der Waals surface area contributed by atoms with Gasteiger partial charge in [0, 0.05) is 12.8 Å². The number of hydrogen-bond donors (Lipinski definition) is 3. The average Bonchev–Trinajstić information content (AvgIpc) is 3.22. The molecule has 58 heavy (non-hydrogen) atoms. The van der Waals surface area contributed by atoms with Gasteiger partial charge in [-0.25, -0.2) is 0 Å². The quantitative estimate of drug-likeness (QED) is 0.0323. The highest BCUT2D eigenvalue weighted by molar-refractivity contribution is 5.76. The van der Waals surface area contributed by atoms with E-state index in [4.69, 9.17) is 4.74 Å². The maximum Gasteiger partial charge on any atom is 0.305 e. The van der Waals surface area contributed by atoms with Crippen LogP contribution in [0.25, 0.3) is 0 Å². The summed E-state index contributed by atoms with van der Waals surface area (Å²) >= 11 is 0. The lowest BCUT2D eigenvalue weighted by molar-refractivity contribution is -0.143. The first-order valence-corrected chi connectivity index (χ1v) is 25.2. The first kappa shape index (κ1) is 56.1. The molecular formula is C52H97NO5. The molecule has 0 aliphatic heterocycles. The number of esters is 1. The van der Waals surface area contributed by atoms with Crippen molar-refractivity contribution < 1.29 is 24.5 Å². The predicted molar refractivity (Wildman–Crippen MR) is 250 cm³/mol. The van der Waals surface area contributed by atoms with Crippen LogP contribution in [-0.4, -0.2) is 47.4 Å². The van der Waals surface area contributed by atoms with Crippen LogP contribution >= 0.6 is 0 Å². The number of carbonyl (C=O) groups excluding carboxylic acids is 2. The van der Waals surface area contributed by atoms with Crippen molar-refractivity contribution in [3.8, 4) is 0 Å². The lowest BCUT2D eigenvalue weighted by Gasteiger charge is -2.22. The van der Waals surface area contributed by atoms with E-state index in [-0.39, 0.29) is 18.5 Å². The molecule has 0 aromatic heterocycles. The standard InChI is InChI=1S/C52H97NO5/c1-3-5-7-9-11-13-15-17-18-19-22-26-30-34-38-42-46-52(57)58-47-43-39-35-31-27-23-20-21-25-29-33-37-41-45-51(56)53-49(48-54)50(55)44-40-36-32-28-24-16-14-12-10-8-6-4-2/h13,15,18-19,21,25,49-50,54-55H,3-12,14,16-17,20,22-24,26-48H2,1-2H3,(H,53,56)/b15-13-,19-18-,25-21-. The van der Waals surface area contributed by atoms with Crippen molar-refractivity contribution in [2.75, 3.05) is 13.2 Å². The van der Waals surface area contributed by atoms with Gasteiger partial charge >= 0.3 is 5.97 Å². The molecule has 0 bridgehead atoms. The second-order valence-electron chi connectivity index (χ2n) is 17.1. The Morgan fingerprint density at radius 1 is 0.483 bits per heavy atom. The molecule has 0 aromatic rings. The molecule has 0 heterocycles. The number of nitrogens with one attached hydrogen (secondary N) is 1. The van der Waals surface area contributed by atoms with E-state index in [0.29, 0.717) is 25.9 Å². The predicted octanol–water partition coefficient (Wildman–Crippen LogP) is 14.9. The molecule has 0 rings (SSSR count). The van der Waals surface area contributed by atoms with Gasteiger partial charge in [-0.2, -0.15) is 0 Å². The van der Waals surface area contributed by atoms with E-state index in [0.717, 1.165) is 83.5 Å². The van der Waals surface area contributed by atoms with Crippen molar-refractivity contribution in [3.05, 3.63) is 36.5 Å². The minimum absolute atomic E-state index is 0.0267. The van der Waals surface area contributed by atoms with Crippen molar-refractivity contribution in [2.45, 2.75) is 270 Å². The second-order valence-corrected chi connectivity index (χ2v) is 17.1. The molecule has 6 heteroatoms. The number of aliphatic hydroxyl groups is 2. The molecule has 0 aromatic carbocycles. The van der Waals surface area contributed by atoms with Gasteiger partial charge in [0.1, 0.15) is 0 Å². The third-order valence-electron chi connectivity index (χ3n) is 11.4. The van der Waals surface area contributed by atoms with E-state index in [1.807, 2.05) is 0 Å². The molecule has 0 saturated heterocycles. The number of rotatable bonds is 46. The summed E-state index contributed by atoms with van der Waals surface area (Å²) in [5, 5.41) is 23.1. The smallest absolute Gasteiger partial charge is 0.305 e. The number of carbonyl (C=O) groups is 2. The van der Waals surface area contributed by atoms with Gasteiger partial charge in [-0.1, -0.05) is 198 Å². The highest BCUT2D eigenvalue weighted by Gasteiger charge is 2.20. The Labute approximate surface area is 360 Å². The fraction of sp³-hybridized carbons (Fsp3) is 0.846. The molecule has 2 unspecified atom stereocenters. The van der Waals surface area contributed by atoms with Crippen molar-refractivity contribution in [1.29, 1.82) is 0 Å². The van der Waals surface area contributed by atoms with Crippen LogP contribution in [0.2, 0.25) is 0 Å². The van der Waals surface area contributed by atoms with Crippen LogP contribution in [0.3, 0.4) is 0 Å². The van der Waals surface area contributed by atoms with Gasteiger partial charge < -0.3 is 20.3 Å². The Bertz CT molecular complexity index is 946. The Morgan fingerprint density at radius 3 is 1.36 bits per heavy atom. The number of ether oxygens (including phenoxy) is 1. The third kappa shape index (κ3) is 43.7. The molecule has 1 amide bonds. The highest BCUT2D eigenvalue weighted by atomic mass is 16.5. The monoisotopic (exact) mass is 816 g/mol. The van der Waals surface area contributed by atoms with Gasteiger partial charge in [0.15, 0.2) is 0 Å². The van der Waals surface area contributed by atoms with Crippen LogP contribution in [0.4, 0.5) is 0 Å². The van der Waals surface area contributed by atoms with Crippen molar-refractivity contribution in [3.63, 3.8) is 0 Å². The largest absolute Gasteiger partial charge is 0.466 e. The molecule has 6 nitrogen and oxygen atoms in total. The highest BCUT2D eigenvalue weighted by Crippen LogP contribution is 2.15. The summed E-state index contributed by atoms with van der Waals surface area (Å²) in [6.07, 6.45) is 56.8. The minimum atomic E-state index is -0.681. The zero-order chi connectivity index (χ0) is 42.3. The van der Waals surface area contributed by atoms with Gasteiger partial charge in [-0.05, 0) is 83.5 Å². The van der Waals surface area contributed by atoms with E-state index in [2.05, 4.69) is 55.6 Å². The van der Waals surface area contributed by atoms with Crippen LogP contribution in [0.5, 0.6) is 0 Å². The molecular weight excluding hydrogens is 719 g/mol. The minimum Gasteiger partial charge on any atom is -0.466 e. The van der Waals surface area contributed by atoms with Crippen LogP contribution in [-0.2, 0) is 14.3 Å². The average molecular weight is 816 g/mol. The first-order chi connectivity index (χ1) is 28.5. The van der Waals surface area contributed by atoms with Crippen LogP contribution in [0, 0.1) is 0 Å². The summed E-state index contributed by atoms with van der Waals surface area (Å²) in [7, 11) is 0. The Morgan fingerprint density at radius 2 is 0.862 bits per heavy atom. The molecule has 0 aliphatic carbocycles. The fourth-order valence-corrected chi connectivity index (χ4v) is 7.49. The number of allylic oxidation sites excluding steroid dienone is 6. The second kappa shape index (κ2) is 47.8. The van der Waals surface area contributed by atoms with E-state index < -0.39 is 12.1 Å². The Kier molecular flexibility index (Phi) is 46.2. The zero-order valence-corrected chi connectivity index (χ0v) is 38.5. The van der Waals surface area contributed by atoms with Crippen molar-refractivity contribution >= 4 is 11.9 Å². The SMILES string of the molecule is CCCCCC/C=C\C/C=C\CCCCCCCC(=O)OCCCCCCCC/C=C\CCCCCC(=O)NC(CO)C(O)CCCCCCCCCCCCCC. The molecule has 2 atom stereocenters. The van der Waals surface area contributed by atoms with E-state index in [1.54, 1.807) is 0 Å². The molecule has 0 saturated carbocycles. The topological polar surface area (TPSA) is 95.9 Å². The van der Waals surface area contributed by atoms with Gasteiger partial charge in [0.2, 0.25) is 5.91 Å². The molecule has 0 radical (unpaired) electrons. The zero-order valence-electron chi connectivity index (χ0n) is 38.5. The van der Waals surface area contributed by atoms with E-state index in [9.17, 15) is 19.8 Å². The van der Waals surface area contributed by atoms with E-state index in [1.165, 1.54) is 141 Å². The van der Waals surface area contributed by atoms with Gasteiger partial charge in [-0.3, -0.25) is 9.59 Å². The summed E-state index contributed by atoms with van der Waals surface area (Å²) in [5.41, 5.74) is 0. The summed E-state index contributed by atoms with van der Waals surface area (Å²) < 4.78 is 5.45. The molecule has 0 spiro atoms. The van der Waals surface area contributed by atoms with Crippen molar-refractivity contribution in [2.24, 2.45) is 0 Å². The lowest BCUT2D eigenvalue weighted by Crippen LogP contribution is -2.45. The molecule has 340 valence electrons. The Balaban J connectivity index is 3.51. The van der Waals surface area contributed by atoms with Crippen LogP contribution in [0.1, 0.15) is 258 Å². The van der Waals surface area contributed by atoms with Gasteiger partial charge in [0.25, 0.3) is 0 Å². The first-order valence-electron chi connectivity index (χ1n) is 25.2. The maximum absolute atomic E-state index is 12.4. The summed E-state index contributed by atoms with van der Waals surface area (Å²) in [6.45, 7) is 4.87. The van der Waals surface area contributed by atoms with Crippen LogP contribution in [0.15, 0.2) is 36.5 Å². The summed E-state index contributed by atoms with van der Waals surface area (Å²) in [5.74, 6) is -0.0940. The summed E-state index contributed by atoms with van der Waals surface area (Å²) in [4.78, 5) is 24.4. The molecule has 0 fully saturated rings. The van der Waals surface area contributed by atoms with Gasteiger partial charge in [0.05, 0.1) is 25.4 Å². The van der Waals surface area contributed by atoms with Gasteiger partial charge in [-0.15, -0.1) is 0 Å². The Hall–Kier alpha value is -1.92. The number of unbranched alkanes of at least 4 members (excludes halogenated alkanes) is 29. The van der Waals surface area contributed by atoms with Crippen molar-refractivity contribution in [1.82, 2.24) is 5.32 Å².